The van der Waals surface area contributed by atoms with Crippen molar-refractivity contribution in [2.75, 3.05) is 0 Å². The zero-order chi connectivity index (χ0) is 15.2. The summed E-state index contributed by atoms with van der Waals surface area (Å²) in [5.74, 6) is 0. The van der Waals surface area contributed by atoms with Crippen LogP contribution in [-0.4, -0.2) is 28.7 Å². The molecule has 5 heteroatoms. The number of ether oxygens (including phenoxy) is 1. The van der Waals surface area contributed by atoms with Crippen molar-refractivity contribution in [1.29, 1.82) is 0 Å². The molecular formula is C15H22N2O3. The molecule has 0 aromatic heterocycles. The number of hydrogen-bond donors (Lipinski definition) is 1. The second-order valence-corrected chi connectivity index (χ2v) is 5.64. The number of benzene rings is 1. The van der Waals surface area contributed by atoms with E-state index < -0.39 is 17.7 Å². The van der Waals surface area contributed by atoms with E-state index in [0.717, 1.165) is 10.3 Å². The fourth-order valence-electron chi connectivity index (χ4n) is 1.60. The standard InChI is InChI=1S/C15H22N2O3/c1-12(16-14(18)20-15(2,3)4)10-17(19)11-13-8-6-5-7-9-13/h5-10,12H,11H2,1-4H3,(H,16,18)/b17-10-/t12-/m0/s1. The highest BCUT2D eigenvalue weighted by Crippen LogP contribution is 2.06. The number of hydrogen-bond acceptors (Lipinski definition) is 3. The van der Waals surface area contributed by atoms with Gasteiger partial charge in [-0.1, -0.05) is 30.3 Å². The molecule has 0 heterocycles. The lowest BCUT2D eigenvalue weighted by atomic mass is 10.2. The largest absolute Gasteiger partial charge is 0.624 e. The molecule has 1 aromatic rings. The quantitative estimate of drug-likeness (QED) is 0.398. The molecule has 0 aliphatic heterocycles. The summed E-state index contributed by atoms with van der Waals surface area (Å²) in [4.78, 5) is 11.5. The van der Waals surface area contributed by atoms with Gasteiger partial charge in [0.15, 0.2) is 12.8 Å². The Hall–Kier alpha value is -2.04. The Labute approximate surface area is 119 Å². The molecule has 1 aromatic carbocycles. The van der Waals surface area contributed by atoms with Crippen molar-refractivity contribution in [3.8, 4) is 0 Å². The highest BCUT2D eigenvalue weighted by atomic mass is 16.6. The summed E-state index contributed by atoms with van der Waals surface area (Å²) >= 11 is 0. The maximum atomic E-state index is 11.8. The summed E-state index contributed by atoms with van der Waals surface area (Å²) < 4.78 is 5.92. The van der Waals surface area contributed by atoms with Crippen LogP contribution in [0.1, 0.15) is 33.3 Å². The molecule has 0 aliphatic rings. The van der Waals surface area contributed by atoms with Crippen LogP contribution in [0, 0.1) is 5.21 Å². The van der Waals surface area contributed by atoms with E-state index in [1.807, 2.05) is 30.3 Å². The summed E-state index contributed by atoms with van der Waals surface area (Å²) in [6.45, 7) is 7.34. The Kier molecular flexibility index (Phi) is 5.55. The van der Waals surface area contributed by atoms with Gasteiger partial charge in [0.2, 0.25) is 0 Å². The monoisotopic (exact) mass is 278 g/mol. The number of hydroxylamine groups is 1. The smallest absolute Gasteiger partial charge is 0.408 e. The molecule has 0 saturated carbocycles. The lowest BCUT2D eigenvalue weighted by molar-refractivity contribution is -0.471. The minimum atomic E-state index is -0.551. The summed E-state index contributed by atoms with van der Waals surface area (Å²) in [6.07, 6.45) is 0.881. The zero-order valence-corrected chi connectivity index (χ0v) is 12.4. The van der Waals surface area contributed by atoms with E-state index in [1.165, 1.54) is 6.21 Å². The minimum Gasteiger partial charge on any atom is -0.624 e. The van der Waals surface area contributed by atoms with Crippen LogP contribution in [0.15, 0.2) is 30.3 Å². The number of nitrogens with one attached hydrogen (secondary N) is 1. The van der Waals surface area contributed by atoms with Gasteiger partial charge in [0.05, 0.1) is 0 Å². The third kappa shape index (κ3) is 6.78. The Balaban J connectivity index is 2.49. The number of alkyl carbamates (subject to hydrolysis) is 1. The second-order valence-electron chi connectivity index (χ2n) is 5.64. The first-order chi connectivity index (χ1) is 9.26. The number of amides is 1. The van der Waals surface area contributed by atoms with Crippen molar-refractivity contribution in [3.05, 3.63) is 41.1 Å². The van der Waals surface area contributed by atoms with Crippen LogP contribution < -0.4 is 5.32 Å². The molecule has 0 aliphatic carbocycles. The SMILES string of the molecule is C[C@@H](/C=[N+](\[O-])Cc1ccccc1)NC(=O)OC(C)(C)C. The van der Waals surface area contributed by atoms with Gasteiger partial charge in [0.25, 0.3) is 0 Å². The lowest BCUT2D eigenvalue weighted by Gasteiger charge is -2.20. The van der Waals surface area contributed by atoms with Gasteiger partial charge in [-0.05, 0) is 27.7 Å². The van der Waals surface area contributed by atoms with Gasteiger partial charge in [-0.2, -0.15) is 0 Å². The van der Waals surface area contributed by atoms with Gasteiger partial charge in [-0.3, -0.25) is 0 Å². The zero-order valence-electron chi connectivity index (χ0n) is 12.4. The number of carbonyl (C=O) groups excluding carboxylic acids is 1. The molecule has 1 amide bonds. The van der Waals surface area contributed by atoms with E-state index >= 15 is 0 Å². The maximum Gasteiger partial charge on any atom is 0.408 e. The fraction of sp³-hybridized carbons (Fsp3) is 0.467. The van der Waals surface area contributed by atoms with E-state index in [1.54, 1.807) is 27.7 Å². The van der Waals surface area contributed by atoms with Crippen LogP contribution in [0.4, 0.5) is 4.79 Å². The van der Waals surface area contributed by atoms with Crippen LogP contribution in [0.2, 0.25) is 0 Å². The Morgan fingerprint density at radius 3 is 2.55 bits per heavy atom. The number of rotatable bonds is 4. The normalized spacial score (nSPS) is 13.7. The first kappa shape index (κ1) is 16.0. The first-order valence-electron chi connectivity index (χ1n) is 6.58. The predicted molar refractivity (Wildman–Crippen MR) is 78.7 cm³/mol. The van der Waals surface area contributed by atoms with Gasteiger partial charge >= 0.3 is 6.09 Å². The molecule has 1 N–H and O–H groups in total. The Morgan fingerprint density at radius 2 is 2.00 bits per heavy atom. The molecule has 0 spiro atoms. The van der Waals surface area contributed by atoms with E-state index in [4.69, 9.17) is 4.74 Å². The molecule has 5 nitrogen and oxygen atoms in total. The van der Waals surface area contributed by atoms with Crippen LogP contribution in [0.5, 0.6) is 0 Å². The minimum absolute atomic E-state index is 0.251. The number of nitrogens with zero attached hydrogens (tertiary/aromatic N) is 1. The first-order valence-corrected chi connectivity index (χ1v) is 6.58. The van der Waals surface area contributed by atoms with Gasteiger partial charge in [-0.25, -0.2) is 9.53 Å². The van der Waals surface area contributed by atoms with Crippen LogP contribution in [0.25, 0.3) is 0 Å². The van der Waals surface area contributed by atoms with E-state index in [9.17, 15) is 10.0 Å². The summed E-state index contributed by atoms with van der Waals surface area (Å²) in [5.41, 5.74) is 0.369. The average molecular weight is 278 g/mol. The van der Waals surface area contributed by atoms with Gasteiger partial charge in [0.1, 0.15) is 11.6 Å². The van der Waals surface area contributed by atoms with Crippen molar-refractivity contribution in [3.63, 3.8) is 0 Å². The third-order valence-corrected chi connectivity index (χ3v) is 2.32. The van der Waals surface area contributed by atoms with Crippen molar-refractivity contribution in [2.45, 2.75) is 45.9 Å². The molecule has 110 valence electrons. The summed E-state index contributed by atoms with van der Waals surface area (Å²) in [7, 11) is 0. The topological polar surface area (TPSA) is 64.4 Å². The van der Waals surface area contributed by atoms with E-state index in [-0.39, 0.29) is 6.54 Å². The van der Waals surface area contributed by atoms with Crippen molar-refractivity contribution >= 4 is 12.3 Å². The molecule has 0 unspecified atom stereocenters. The lowest BCUT2D eigenvalue weighted by Crippen LogP contribution is -2.39. The van der Waals surface area contributed by atoms with Crippen LogP contribution in [0.3, 0.4) is 0 Å². The predicted octanol–water partition coefficient (Wildman–Crippen LogP) is 2.68. The fourth-order valence-corrected chi connectivity index (χ4v) is 1.60. The molecular weight excluding hydrogens is 256 g/mol. The van der Waals surface area contributed by atoms with Crippen molar-refractivity contribution in [1.82, 2.24) is 5.32 Å². The summed E-state index contributed by atoms with van der Waals surface area (Å²) in [5, 5.41) is 14.4. The molecule has 0 radical (unpaired) electrons. The third-order valence-electron chi connectivity index (χ3n) is 2.32. The molecule has 0 saturated heterocycles. The Bertz CT molecular complexity index is 464. The molecule has 1 atom stereocenters. The van der Waals surface area contributed by atoms with Crippen molar-refractivity contribution < 1.29 is 14.3 Å². The molecule has 20 heavy (non-hydrogen) atoms. The number of carbonyl (C=O) groups is 1. The van der Waals surface area contributed by atoms with Gasteiger partial charge in [-0.15, -0.1) is 0 Å². The summed E-state index contributed by atoms with van der Waals surface area (Å²) in [6, 6.07) is 9.02. The van der Waals surface area contributed by atoms with Crippen LogP contribution in [-0.2, 0) is 11.3 Å². The highest BCUT2D eigenvalue weighted by molar-refractivity contribution is 5.73. The molecule has 0 fully saturated rings. The maximum absolute atomic E-state index is 11.8. The molecule has 0 bridgehead atoms. The average Bonchev–Trinajstić information content (AvgIpc) is 2.26. The van der Waals surface area contributed by atoms with Crippen molar-refractivity contribution in [2.24, 2.45) is 0 Å². The van der Waals surface area contributed by atoms with E-state index in [2.05, 4.69) is 5.32 Å². The van der Waals surface area contributed by atoms with Crippen LogP contribution >= 0.6 is 0 Å². The van der Waals surface area contributed by atoms with Gasteiger partial charge in [0, 0.05) is 5.56 Å². The second kappa shape index (κ2) is 6.93. The van der Waals surface area contributed by atoms with Gasteiger partial charge < -0.3 is 15.3 Å². The Morgan fingerprint density at radius 1 is 1.40 bits per heavy atom. The highest BCUT2D eigenvalue weighted by Gasteiger charge is 2.17. The molecule has 1 rings (SSSR count). The van der Waals surface area contributed by atoms with E-state index in [0.29, 0.717) is 0 Å².